The molecular weight excluding hydrogens is 904 g/mol. The van der Waals surface area contributed by atoms with Gasteiger partial charge in [0, 0.05) is 39.4 Å². The molecule has 360 valence electrons. The van der Waals surface area contributed by atoms with Crippen molar-refractivity contribution in [2.24, 2.45) is 27.2 Å². The highest BCUT2D eigenvalue weighted by Crippen LogP contribution is 2.54. The highest BCUT2D eigenvalue weighted by Gasteiger charge is 2.67. The lowest BCUT2D eigenvalue weighted by Crippen LogP contribution is -2.51. The van der Waals surface area contributed by atoms with Crippen LogP contribution in [0.15, 0.2) is 71.3 Å². The lowest BCUT2D eigenvalue weighted by molar-refractivity contribution is -0.144. The molecule has 0 aromatic carbocycles. The van der Waals surface area contributed by atoms with Crippen molar-refractivity contribution >= 4 is 11.6 Å². The van der Waals surface area contributed by atoms with Gasteiger partial charge in [-0.3, -0.25) is 23.5 Å². The molecule has 0 saturated carbocycles. The van der Waals surface area contributed by atoms with Crippen LogP contribution in [0.5, 0.6) is 0 Å². The summed E-state index contributed by atoms with van der Waals surface area (Å²) in [5, 5.41) is 28.9. The van der Waals surface area contributed by atoms with Crippen molar-refractivity contribution < 1.29 is 50.8 Å². The second kappa shape index (κ2) is 19.8. The van der Waals surface area contributed by atoms with Crippen molar-refractivity contribution in [1.29, 1.82) is 0 Å². The van der Waals surface area contributed by atoms with E-state index in [0.29, 0.717) is 13.7 Å². The molecule has 26 nitrogen and oxygen atoms in total. The van der Waals surface area contributed by atoms with E-state index in [-0.39, 0.29) is 37.6 Å². The third-order valence-corrected chi connectivity index (χ3v) is 11.6. The van der Waals surface area contributed by atoms with E-state index in [2.05, 4.69) is 40.0 Å². The van der Waals surface area contributed by atoms with Crippen LogP contribution in [0.4, 0.5) is 38.0 Å². The second-order valence-corrected chi connectivity index (χ2v) is 15.1. The molecule has 0 aliphatic carbocycles. The maximum absolute atomic E-state index is 14.6. The average Bonchev–Trinajstić information content (AvgIpc) is 3.69. The summed E-state index contributed by atoms with van der Waals surface area (Å²) in [7, 11) is 0. The van der Waals surface area contributed by atoms with Crippen LogP contribution in [0.3, 0.4) is 0 Å². The smallest absolute Gasteiger partial charge is 0.351 e. The number of nitrogens with two attached hydrogens (primary N) is 2. The number of nitrogens with zero attached hydrogens (tertiary/aromatic N) is 14. The predicted octanol–water partition coefficient (Wildman–Crippen LogP) is 3.27. The summed E-state index contributed by atoms with van der Waals surface area (Å²) >= 11 is 0. The molecule has 3 aromatic rings. The topological polar surface area (TPSA) is 391 Å². The van der Waals surface area contributed by atoms with Crippen LogP contribution in [-0.2, 0) is 14.2 Å². The van der Waals surface area contributed by atoms with Gasteiger partial charge < -0.3 is 35.9 Å². The van der Waals surface area contributed by atoms with E-state index in [9.17, 15) is 55.7 Å². The molecule has 7 N–H and O–H groups in total. The molecule has 3 aromatic heterocycles. The summed E-state index contributed by atoms with van der Waals surface area (Å²) in [5.74, 6) is -13.4. The summed E-state index contributed by atoms with van der Waals surface area (Å²) in [6, 6.07) is 3.30. The van der Waals surface area contributed by atoms with Gasteiger partial charge in [-0.25, -0.2) is 31.9 Å². The van der Waals surface area contributed by atoms with Gasteiger partial charge in [0.2, 0.25) is 18.7 Å². The fraction of sp³-hybridized carbons (Fsp3) is 0.647. The molecule has 3 aliphatic heterocycles. The number of ether oxygens (including phenoxy) is 3. The summed E-state index contributed by atoms with van der Waals surface area (Å²) in [6.45, 7) is 3.58. The Labute approximate surface area is 365 Å². The molecule has 0 amide bonds. The number of aliphatic hydroxyl groups excluding tert-OH is 2. The van der Waals surface area contributed by atoms with Gasteiger partial charge in [0.25, 0.3) is 17.4 Å². The molecule has 32 heteroatoms. The summed E-state index contributed by atoms with van der Waals surface area (Å²) < 4.78 is 105. The molecule has 0 spiro atoms. The third kappa shape index (κ3) is 9.65. The number of aromatic nitrogens is 6. The normalized spacial score (nSPS) is 30.0. The van der Waals surface area contributed by atoms with Gasteiger partial charge in [0.1, 0.15) is 17.2 Å². The lowest BCUT2D eigenvalue weighted by Gasteiger charge is -2.29. The minimum absolute atomic E-state index is 0.0635. The number of halogens is 6. The van der Waals surface area contributed by atoms with Gasteiger partial charge in [-0.2, -0.15) is 18.7 Å². The summed E-state index contributed by atoms with van der Waals surface area (Å²) in [6.07, 6.45) is -5.03. The Kier molecular flexibility index (Phi) is 15.6. The van der Waals surface area contributed by atoms with Crippen molar-refractivity contribution in [2.75, 3.05) is 37.7 Å². The fourth-order valence-corrected chi connectivity index (χ4v) is 7.44. The largest absolute Gasteiger partial charge is 0.393 e. The van der Waals surface area contributed by atoms with Gasteiger partial charge >= 0.3 is 23.0 Å². The molecule has 3 fully saturated rings. The lowest BCUT2D eigenvalue weighted by atomic mass is 9.84. The number of aliphatic hydroxyl groups is 2. The number of alkyl halides is 6. The zero-order chi connectivity index (χ0) is 49.6. The Morgan fingerprint density at radius 2 is 1.05 bits per heavy atom. The third-order valence-electron chi connectivity index (χ3n) is 11.6. The number of nitrogen functional groups attached to an aromatic ring is 2. The Hall–Kier alpha value is -6.65. The van der Waals surface area contributed by atoms with E-state index in [4.69, 9.17) is 42.3 Å². The first-order valence-corrected chi connectivity index (χ1v) is 19.3. The minimum atomic E-state index is -3.94. The van der Waals surface area contributed by atoms with Gasteiger partial charge in [-0.15, -0.1) is 0 Å². The number of aromatic amines is 1. The monoisotopic (exact) mass is 947 g/mol. The van der Waals surface area contributed by atoms with Crippen molar-refractivity contribution in [3.63, 3.8) is 0 Å². The zero-order valence-electron chi connectivity index (χ0n) is 35.1. The molecule has 6 rings (SSSR count). The van der Waals surface area contributed by atoms with E-state index in [1.54, 1.807) is 13.8 Å². The second-order valence-electron chi connectivity index (χ2n) is 15.1. The van der Waals surface area contributed by atoms with Gasteiger partial charge in [-0.05, 0) is 41.6 Å². The van der Waals surface area contributed by atoms with Crippen LogP contribution in [0.1, 0.15) is 59.2 Å². The van der Waals surface area contributed by atoms with Crippen LogP contribution >= 0.6 is 0 Å². The number of rotatable bonds is 12. The van der Waals surface area contributed by atoms with Crippen molar-refractivity contribution in [3.8, 4) is 0 Å². The number of anilines is 2. The van der Waals surface area contributed by atoms with Gasteiger partial charge in [0.05, 0.1) is 49.3 Å². The average molecular weight is 948 g/mol. The molecule has 0 unspecified atom stereocenters. The highest BCUT2D eigenvalue weighted by atomic mass is 19.3. The molecule has 3 aliphatic rings. The molecule has 0 bridgehead atoms. The quantitative estimate of drug-likeness (QED) is 0.0754. The molecule has 6 heterocycles. The van der Waals surface area contributed by atoms with E-state index in [1.165, 1.54) is 19.9 Å². The number of hydrogen-bond acceptors (Lipinski definition) is 16. The van der Waals surface area contributed by atoms with Crippen LogP contribution in [0.25, 0.3) is 31.3 Å². The predicted molar refractivity (Wildman–Crippen MR) is 215 cm³/mol. The maximum Gasteiger partial charge on any atom is 0.351 e. The van der Waals surface area contributed by atoms with Crippen molar-refractivity contribution in [2.45, 2.75) is 99.9 Å². The number of H-pyrrole nitrogens is 1. The van der Waals surface area contributed by atoms with Crippen LogP contribution < -0.4 is 34.1 Å². The van der Waals surface area contributed by atoms with Crippen LogP contribution in [0.2, 0.25) is 0 Å². The molecule has 3 saturated heterocycles. The van der Waals surface area contributed by atoms with E-state index >= 15 is 0 Å². The van der Waals surface area contributed by atoms with Gasteiger partial charge in [0.15, 0.2) is 6.10 Å². The van der Waals surface area contributed by atoms with E-state index in [0.717, 1.165) is 30.7 Å². The van der Waals surface area contributed by atoms with Crippen molar-refractivity contribution in [1.82, 2.24) is 28.7 Å². The first-order chi connectivity index (χ1) is 30.8. The molecule has 66 heavy (non-hydrogen) atoms. The van der Waals surface area contributed by atoms with Crippen LogP contribution in [0, 0.1) is 11.8 Å². The molecular formula is C34H43F6N17O9. The minimum Gasteiger partial charge on any atom is -0.393 e. The fourth-order valence-electron chi connectivity index (χ4n) is 7.44. The first kappa shape index (κ1) is 52.0. The Morgan fingerprint density at radius 1 is 0.682 bits per heavy atom. The van der Waals surface area contributed by atoms with Crippen LogP contribution in [-0.4, -0.2) is 106 Å². The van der Waals surface area contributed by atoms with E-state index < -0.39 is 107 Å². The summed E-state index contributed by atoms with van der Waals surface area (Å²) in [4.78, 5) is 62.5. The first-order valence-electron chi connectivity index (χ1n) is 19.3. The van der Waals surface area contributed by atoms with Crippen molar-refractivity contribution in [3.05, 3.63) is 110 Å². The zero-order valence-corrected chi connectivity index (χ0v) is 35.1. The van der Waals surface area contributed by atoms with Gasteiger partial charge in [-0.1, -0.05) is 43.0 Å². The maximum atomic E-state index is 14.6. The molecule has 0 radical (unpaired) electrons. The molecule has 9 atom stereocenters. The Morgan fingerprint density at radius 3 is 1.41 bits per heavy atom. The Balaban J connectivity index is 0.000000216. The summed E-state index contributed by atoms with van der Waals surface area (Å²) in [5.41, 5.74) is 27.1. The SMILES string of the molecule is CC[C@@]1(CN=[N+]=[N-])O[C@@H](n2ccc(=O)[nH]c2=O)C(F)(F)[C@@H]1C.CC[C@@]1(CN=[N+]=[N-])O[C@@H](n2ccc(N)nc2=O)C(F)(F)[C@@H]1C.[N-]=[N+]=NC[C@]1(CO)O[C@@H](n2ccc(N)nc2=O)C(F)(F)[C@@H]1O. The number of nitrogens with one attached hydrogen (secondary N) is 1. The Bertz CT molecular complexity index is 2520. The van der Waals surface area contributed by atoms with E-state index in [1.807, 2.05) is 4.98 Å². The number of azide groups is 3. The number of hydrogen-bond donors (Lipinski definition) is 5. The standard InChI is InChI=1S/C12H16F2N6O2.C12H15F2N5O3.C10H12F2N6O4/c1-3-11(6-17-19-16)7(2)12(13,14)9(22-11)20-5-4-8(15)18-10(20)21;1-3-11(6-16-18-15)7(2)12(13,14)9(22-11)19-5-4-8(20)17-10(19)21;11-10(12)6(20)9(4-19,3-15-17-14)22-7(10)18-2-1-5(13)16-8(18)21/h4-5,7,9H,3,6H2,1-2H3,(H2,15,18,21);4-5,7,9H,3,6H2,1-2H3,(H,17,20,21);1-2,6-7,19-20H,3-4H2,(H2,13,16,21)/t2*7-,9-,11+;6-,7-,9-/m111/s1. The highest BCUT2D eigenvalue weighted by molar-refractivity contribution is 5.25.